The minimum atomic E-state index is -0.0151. The van der Waals surface area contributed by atoms with Gasteiger partial charge < -0.3 is 34.6 Å². The maximum Gasteiger partial charge on any atom is 0.317 e. The fourth-order valence-corrected chi connectivity index (χ4v) is 7.81. The van der Waals surface area contributed by atoms with Crippen LogP contribution in [0, 0.1) is 11.8 Å². The minimum Gasteiger partial charge on any atom is -0.493 e. The van der Waals surface area contributed by atoms with Gasteiger partial charge in [-0.25, -0.2) is 4.79 Å². The predicted octanol–water partition coefficient (Wildman–Crippen LogP) is 5.71. The zero-order valence-corrected chi connectivity index (χ0v) is 27.8. The van der Waals surface area contributed by atoms with Crippen LogP contribution in [0.2, 0.25) is 0 Å². The molecule has 0 unspecified atom stereocenters. The van der Waals surface area contributed by atoms with Crippen molar-refractivity contribution in [3.63, 3.8) is 0 Å². The average molecular weight is 635 g/mol. The maximum atomic E-state index is 13.3. The van der Waals surface area contributed by atoms with Crippen molar-refractivity contribution in [2.45, 2.75) is 76.7 Å². The van der Waals surface area contributed by atoms with Crippen LogP contribution in [0.4, 0.5) is 4.79 Å². The molecule has 43 heavy (non-hydrogen) atoms. The number of rotatable bonds is 9. The van der Waals surface area contributed by atoms with E-state index in [0.29, 0.717) is 47.2 Å². The van der Waals surface area contributed by atoms with Crippen LogP contribution >= 0.6 is 24.0 Å². The third-order valence-electron chi connectivity index (χ3n) is 9.27. The number of amides is 3. The van der Waals surface area contributed by atoms with Crippen molar-refractivity contribution in [1.82, 2.24) is 20.4 Å². The average Bonchev–Trinajstić information content (AvgIpc) is 3.03. The second kappa shape index (κ2) is 17.2. The summed E-state index contributed by atoms with van der Waals surface area (Å²) in [6.45, 7) is 3.66. The smallest absolute Gasteiger partial charge is 0.317 e. The Bertz CT molecular complexity index is 1040. The summed E-state index contributed by atoms with van der Waals surface area (Å²) in [5.41, 5.74) is 0.541. The number of thiocarbonyl (C=S) groups is 1. The van der Waals surface area contributed by atoms with Gasteiger partial charge in [0.25, 0.3) is 5.91 Å². The Morgan fingerprint density at radius 2 is 1.35 bits per heavy atom. The second-order valence-electron chi connectivity index (χ2n) is 11.9. The summed E-state index contributed by atoms with van der Waals surface area (Å²) < 4.78 is 17.1. The van der Waals surface area contributed by atoms with E-state index in [-0.39, 0.29) is 11.9 Å². The number of piperidine rings is 2. The van der Waals surface area contributed by atoms with Crippen molar-refractivity contribution in [2.75, 3.05) is 59.8 Å². The molecular formula is C32H50N4O5S2. The summed E-state index contributed by atoms with van der Waals surface area (Å²) in [5, 5.41) is 6.63. The van der Waals surface area contributed by atoms with Crippen LogP contribution in [-0.4, -0.2) is 91.9 Å². The second-order valence-corrected chi connectivity index (χ2v) is 13.7. The summed E-state index contributed by atoms with van der Waals surface area (Å²) in [6, 6.07) is 3.98. The number of methoxy groups -OCH3 is 3. The highest BCUT2D eigenvalue weighted by molar-refractivity contribution is 8.22. The number of likely N-dealkylation sites (tertiary alicyclic amines) is 2. The molecule has 1 aromatic rings. The van der Waals surface area contributed by atoms with Crippen LogP contribution < -0.4 is 24.8 Å². The summed E-state index contributed by atoms with van der Waals surface area (Å²) in [7, 11) is 4.66. The Balaban J connectivity index is 1.13. The Labute approximate surface area is 267 Å². The molecule has 9 nitrogen and oxygen atoms in total. The standard InChI is InChI=1S/C32H50N4O5S2/c1-39-27-21-25(22-28(40-2)29(27)41-3)30(37)35-16-11-23(12-17-35)24-13-18-36(19-14-24)31(38)33-15-20-43-32(42)34-26-9-7-5-4-6-8-10-26/h21-24,26H,4-20H2,1-3H3,(H,33,38)(H,34,42). The first-order valence-electron chi connectivity index (χ1n) is 16.0. The first kappa shape index (κ1) is 33.5. The summed E-state index contributed by atoms with van der Waals surface area (Å²) in [6.07, 6.45) is 13.0. The monoisotopic (exact) mass is 634 g/mol. The fraction of sp³-hybridized carbons (Fsp3) is 0.719. The maximum absolute atomic E-state index is 13.3. The first-order chi connectivity index (χ1) is 20.9. The first-order valence-corrected chi connectivity index (χ1v) is 17.4. The number of hydrogen-bond acceptors (Lipinski definition) is 7. The van der Waals surface area contributed by atoms with Crippen molar-refractivity contribution in [1.29, 1.82) is 0 Å². The number of hydrogen-bond donors (Lipinski definition) is 2. The number of nitrogens with zero attached hydrogens (tertiary/aromatic N) is 2. The topological polar surface area (TPSA) is 92.4 Å². The van der Waals surface area contributed by atoms with E-state index in [1.807, 2.05) is 9.80 Å². The predicted molar refractivity (Wildman–Crippen MR) is 177 cm³/mol. The van der Waals surface area contributed by atoms with E-state index in [2.05, 4.69) is 10.6 Å². The fourth-order valence-electron chi connectivity index (χ4n) is 6.76. The molecule has 1 aliphatic carbocycles. The van der Waals surface area contributed by atoms with Gasteiger partial charge in [0.2, 0.25) is 5.75 Å². The van der Waals surface area contributed by atoms with Gasteiger partial charge in [0, 0.05) is 50.1 Å². The van der Waals surface area contributed by atoms with Gasteiger partial charge in [0.15, 0.2) is 11.5 Å². The van der Waals surface area contributed by atoms with Gasteiger partial charge >= 0.3 is 6.03 Å². The van der Waals surface area contributed by atoms with Crippen LogP contribution in [0.3, 0.4) is 0 Å². The normalized spacial score (nSPS) is 19.2. The molecule has 3 amide bonds. The van der Waals surface area contributed by atoms with Crippen molar-refractivity contribution in [3.05, 3.63) is 17.7 Å². The van der Waals surface area contributed by atoms with Gasteiger partial charge in [-0.2, -0.15) is 0 Å². The number of benzene rings is 1. The molecule has 3 fully saturated rings. The molecular weight excluding hydrogens is 585 g/mol. The lowest BCUT2D eigenvalue weighted by Crippen LogP contribution is -2.47. The largest absolute Gasteiger partial charge is 0.493 e. The van der Waals surface area contributed by atoms with Gasteiger partial charge in [0.1, 0.15) is 4.32 Å². The third kappa shape index (κ3) is 9.54. The molecule has 1 saturated carbocycles. The van der Waals surface area contributed by atoms with Gasteiger partial charge in [-0.3, -0.25) is 4.79 Å². The minimum absolute atomic E-state index is 0.0151. The molecule has 0 atom stereocenters. The van der Waals surface area contributed by atoms with Crippen molar-refractivity contribution in [2.24, 2.45) is 11.8 Å². The Morgan fingerprint density at radius 3 is 1.88 bits per heavy atom. The highest BCUT2D eigenvalue weighted by Gasteiger charge is 2.32. The van der Waals surface area contributed by atoms with Crippen molar-refractivity contribution < 1.29 is 23.8 Å². The molecule has 3 aliphatic rings. The van der Waals surface area contributed by atoms with E-state index >= 15 is 0 Å². The van der Waals surface area contributed by atoms with E-state index in [1.165, 1.54) is 44.9 Å². The molecule has 2 saturated heterocycles. The number of carbonyl (C=O) groups excluding carboxylic acids is 2. The quantitative estimate of drug-likeness (QED) is 0.264. The number of carbonyl (C=O) groups is 2. The van der Waals surface area contributed by atoms with E-state index in [1.54, 1.807) is 45.2 Å². The Hall–Kier alpha value is -2.40. The number of ether oxygens (including phenoxy) is 3. The number of nitrogens with one attached hydrogen (secondary N) is 2. The van der Waals surface area contributed by atoms with Crippen LogP contribution in [-0.2, 0) is 0 Å². The summed E-state index contributed by atoms with van der Waals surface area (Å²) in [5.74, 6) is 3.39. The molecule has 0 bridgehead atoms. The van der Waals surface area contributed by atoms with E-state index in [4.69, 9.17) is 26.4 Å². The molecule has 0 radical (unpaired) electrons. The number of thioether (sulfide) groups is 1. The van der Waals surface area contributed by atoms with Gasteiger partial charge in [-0.15, -0.1) is 0 Å². The van der Waals surface area contributed by atoms with Gasteiger partial charge in [0.05, 0.1) is 21.3 Å². The lowest BCUT2D eigenvalue weighted by Gasteiger charge is -2.40. The lowest BCUT2D eigenvalue weighted by atomic mass is 9.79. The molecule has 4 rings (SSSR count). The number of urea groups is 1. The molecule has 0 spiro atoms. The Kier molecular flexibility index (Phi) is 13.4. The van der Waals surface area contributed by atoms with Crippen LogP contribution in [0.5, 0.6) is 17.2 Å². The van der Waals surface area contributed by atoms with Crippen LogP contribution in [0.15, 0.2) is 12.1 Å². The zero-order chi connectivity index (χ0) is 30.6. The molecule has 0 aromatic heterocycles. The molecule has 2 aliphatic heterocycles. The van der Waals surface area contributed by atoms with E-state index < -0.39 is 0 Å². The molecule has 11 heteroatoms. The van der Waals surface area contributed by atoms with Gasteiger partial charge in [-0.1, -0.05) is 56.1 Å². The molecule has 240 valence electrons. The van der Waals surface area contributed by atoms with Crippen molar-refractivity contribution in [3.8, 4) is 17.2 Å². The summed E-state index contributed by atoms with van der Waals surface area (Å²) >= 11 is 7.20. The van der Waals surface area contributed by atoms with Crippen molar-refractivity contribution >= 4 is 40.2 Å². The third-order valence-corrected chi connectivity index (χ3v) is 10.5. The molecule has 2 heterocycles. The van der Waals surface area contributed by atoms with Gasteiger partial charge in [-0.05, 0) is 62.5 Å². The molecule has 1 aromatic carbocycles. The zero-order valence-electron chi connectivity index (χ0n) is 26.2. The highest BCUT2D eigenvalue weighted by Crippen LogP contribution is 2.39. The SMILES string of the molecule is COc1cc(C(=O)N2CCC(C3CCN(C(=O)NCCSC(=S)NC4CCCCCCC4)CC3)CC2)cc(OC)c1OC. The van der Waals surface area contributed by atoms with E-state index in [9.17, 15) is 9.59 Å². The van der Waals surface area contributed by atoms with Crippen LogP contribution in [0.1, 0.15) is 81.0 Å². The Morgan fingerprint density at radius 1 is 0.814 bits per heavy atom. The van der Waals surface area contributed by atoms with E-state index in [0.717, 1.165) is 61.9 Å². The lowest BCUT2D eigenvalue weighted by molar-refractivity contribution is 0.0615. The highest BCUT2D eigenvalue weighted by atomic mass is 32.2. The summed E-state index contributed by atoms with van der Waals surface area (Å²) in [4.78, 5) is 30.0. The van der Waals surface area contributed by atoms with Crippen LogP contribution in [0.25, 0.3) is 0 Å². The molecule has 2 N–H and O–H groups in total.